The molecule has 1 aliphatic carbocycles. The number of amides is 1. The Kier molecular flexibility index (Phi) is 4.38. The summed E-state index contributed by atoms with van der Waals surface area (Å²) >= 11 is 4.86. The molecule has 6 heteroatoms. The van der Waals surface area contributed by atoms with Gasteiger partial charge in [0.15, 0.2) is 0 Å². The maximum absolute atomic E-state index is 12.4. The van der Waals surface area contributed by atoms with Crippen molar-refractivity contribution in [2.24, 2.45) is 5.92 Å². The van der Waals surface area contributed by atoms with Gasteiger partial charge in [-0.15, -0.1) is 5.10 Å². The second kappa shape index (κ2) is 6.44. The highest BCUT2D eigenvalue weighted by Crippen LogP contribution is 2.25. The van der Waals surface area contributed by atoms with E-state index in [1.54, 1.807) is 12.1 Å². The molecular weight excluding hydrogens is 298 g/mol. The summed E-state index contributed by atoms with van der Waals surface area (Å²) in [6.07, 6.45) is 5.06. The lowest BCUT2D eigenvalue weighted by Gasteiger charge is -2.21. The maximum Gasteiger partial charge on any atom is 0.284 e. The predicted molar refractivity (Wildman–Crippen MR) is 86.0 cm³/mol. The molecule has 1 aliphatic rings. The molecular formula is C16H19N3O2S. The summed E-state index contributed by atoms with van der Waals surface area (Å²) in [6, 6.07) is 7.25. The first-order valence-corrected chi connectivity index (χ1v) is 7.96. The SMILES string of the molecule is CN(CC1CCCC1)C(=O)c1ccc(-c2n[nH]c(=S)o2)cc1. The Morgan fingerprint density at radius 1 is 1.36 bits per heavy atom. The van der Waals surface area contributed by atoms with Crippen molar-refractivity contribution >= 4 is 18.1 Å². The van der Waals surface area contributed by atoms with Crippen molar-refractivity contribution in [3.63, 3.8) is 0 Å². The van der Waals surface area contributed by atoms with Crippen molar-refractivity contribution in [3.05, 3.63) is 34.7 Å². The molecule has 1 saturated carbocycles. The van der Waals surface area contributed by atoms with E-state index in [1.165, 1.54) is 25.7 Å². The van der Waals surface area contributed by atoms with Crippen LogP contribution in [0.1, 0.15) is 36.0 Å². The van der Waals surface area contributed by atoms with E-state index in [9.17, 15) is 4.79 Å². The van der Waals surface area contributed by atoms with E-state index in [-0.39, 0.29) is 10.7 Å². The van der Waals surface area contributed by atoms with Crippen LogP contribution in [0.15, 0.2) is 28.7 Å². The number of rotatable bonds is 4. The van der Waals surface area contributed by atoms with Gasteiger partial charge in [0.1, 0.15) is 0 Å². The van der Waals surface area contributed by atoms with Crippen LogP contribution in [0.5, 0.6) is 0 Å². The minimum absolute atomic E-state index is 0.0568. The molecule has 1 aromatic carbocycles. The topological polar surface area (TPSA) is 62.1 Å². The molecule has 22 heavy (non-hydrogen) atoms. The second-order valence-corrected chi connectivity index (χ2v) is 6.20. The smallest absolute Gasteiger partial charge is 0.284 e. The van der Waals surface area contributed by atoms with Crippen LogP contribution in [0.4, 0.5) is 0 Å². The number of benzene rings is 1. The third kappa shape index (κ3) is 3.27. The third-order valence-electron chi connectivity index (χ3n) is 4.17. The lowest BCUT2D eigenvalue weighted by atomic mass is 10.1. The number of carbonyl (C=O) groups is 1. The van der Waals surface area contributed by atoms with Gasteiger partial charge in [-0.3, -0.25) is 4.79 Å². The monoisotopic (exact) mass is 317 g/mol. The molecule has 2 aromatic rings. The highest BCUT2D eigenvalue weighted by molar-refractivity contribution is 7.71. The summed E-state index contributed by atoms with van der Waals surface area (Å²) in [6.45, 7) is 0.842. The average Bonchev–Trinajstić information content (AvgIpc) is 3.18. The molecule has 0 bridgehead atoms. The Hall–Kier alpha value is -1.95. The van der Waals surface area contributed by atoms with Crippen LogP contribution in [-0.2, 0) is 0 Å². The lowest BCUT2D eigenvalue weighted by Crippen LogP contribution is -2.31. The van der Waals surface area contributed by atoms with Crippen LogP contribution in [0.3, 0.4) is 0 Å². The molecule has 0 atom stereocenters. The fourth-order valence-corrected chi connectivity index (χ4v) is 3.12. The summed E-state index contributed by atoms with van der Waals surface area (Å²) in [4.78, 5) is 14.5. The fourth-order valence-electron chi connectivity index (χ4n) is 2.99. The second-order valence-electron chi connectivity index (χ2n) is 5.83. The van der Waals surface area contributed by atoms with Gasteiger partial charge in [0.25, 0.3) is 10.7 Å². The molecule has 0 spiro atoms. The molecule has 1 amide bonds. The van der Waals surface area contributed by atoms with Gasteiger partial charge in [-0.2, -0.15) is 0 Å². The van der Waals surface area contributed by atoms with Crippen molar-refractivity contribution in [2.45, 2.75) is 25.7 Å². The van der Waals surface area contributed by atoms with Gasteiger partial charge in [-0.25, -0.2) is 5.10 Å². The minimum atomic E-state index is 0.0568. The van der Waals surface area contributed by atoms with E-state index in [0.717, 1.165) is 12.1 Å². The Balaban J connectivity index is 1.68. The molecule has 116 valence electrons. The summed E-state index contributed by atoms with van der Waals surface area (Å²) in [7, 11) is 1.88. The van der Waals surface area contributed by atoms with Crippen molar-refractivity contribution in [2.75, 3.05) is 13.6 Å². The molecule has 0 radical (unpaired) electrons. The van der Waals surface area contributed by atoms with E-state index in [2.05, 4.69) is 10.2 Å². The number of nitrogens with zero attached hydrogens (tertiary/aromatic N) is 2. The van der Waals surface area contributed by atoms with Crippen LogP contribution >= 0.6 is 12.2 Å². The summed E-state index contributed by atoms with van der Waals surface area (Å²) in [5, 5.41) is 6.56. The van der Waals surface area contributed by atoms with E-state index in [0.29, 0.717) is 17.4 Å². The van der Waals surface area contributed by atoms with Crippen LogP contribution in [-0.4, -0.2) is 34.6 Å². The van der Waals surface area contributed by atoms with E-state index in [1.807, 2.05) is 24.1 Å². The first kappa shape index (κ1) is 15.0. The van der Waals surface area contributed by atoms with E-state index in [4.69, 9.17) is 16.6 Å². The van der Waals surface area contributed by atoms with Crippen molar-refractivity contribution in [1.82, 2.24) is 15.1 Å². The molecule has 5 nitrogen and oxygen atoms in total. The lowest BCUT2D eigenvalue weighted by molar-refractivity contribution is 0.0773. The Labute approximate surface area is 134 Å². The zero-order valence-electron chi connectivity index (χ0n) is 12.5. The van der Waals surface area contributed by atoms with Crippen LogP contribution in [0.2, 0.25) is 0 Å². The Morgan fingerprint density at radius 2 is 2.05 bits per heavy atom. The van der Waals surface area contributed by atoms with Gasteiger partial charge >= 0.3 is 0 Å². The zero-order chi connectivity index (χ0) is 15.5. The zero-order valence-corrected chi connectivity index (χ0v) is 13.4. The van der Waals surface area contributed by atoms with Gasteiger partial charge in [0, 0.05) is 24.7 Å². The number of carbonyl (C=O) groups excluding carboxylic acids is 1. The summed E-state index contributed by atoms with van der Waals surface area (Å²) in [5.74, 6) is 1.14. The molecule has 1 N–H and O–H groups in total. The largest absolute Gasteiger partial charge is 0.409 e. The van der Waals surface area contributed by atoms with E-state index < -0.39 is 0 Å². The van der Waals surface area contributed by atoms with Gasteiger partial charge in [0.2, 0.25) is 5.89 Å². The third-order valence-corrected chi connectivity index (χ3v) is 4.35. The average molecular weight is 317 g/mol. The quantitative estimate of drug-likeness (QED) is 0.874. The van der Waals surface area contributed by atoms with Gasteiger partial charge < -0.3 is 9.32 Å². The number of aromatic nitrogens is 2. The van der Waals surface area contributed by atoms with Crippen LogP contribution in [0, 0.1) is 10.8 Å². The molecule has 0 unspecified atom stereocenters. The van der Waals surface area contributed by atoms with Crippen LogP contribution in [0.25, 0.3) is 11.5 Å². The number of H-pyrrole nitrogens is 1. The number of aromatic amines is 1. The molecule has 1 aromatic heterocycles. The molecule has 1 heterocycles. The summed E-state index contributed by atoms with van der Waals surface area (Å²) < 4.78 is 5.26. The first-order valence-electron chi connectivity index (χ1n) is 7.55. The first-order chi connectivity index (χ1) is 10.6. The van der Waals surface area contributed by atoms with Gasteiger partial charge in [-0.05, 0) is 55.2 Å². The molecule has 0 saturated heterocycles. The minimum Gasteiger partial charge on any atom is -0.409 e. The highest BCUT2D eigenvalue weighted by Gasteiger charge is 2.20. The summed E-state index contributed by atoms with van der Waals surface area (Å²) in [5.41, 5.74) is 1.47. The Bertz CT molecular complexity index is 699. The molecule has 0 aliphatic heterocycles. The fraction of sp³-hybridized carbons (Fsp3) is 0.438. The number of nitrogens with one attached hydrogen (secondary N) is 1. The van der Waals surface area contributed by atoms with E-state index >= 15 is 0 Å². The maximum atomic E-state index is 12.4. The highest BCUT2D eigenvalue weighted by atomic mass is 32.1. The normalized spacial score (nSPS) is 15.1. The van der Waals surface area contributed by atoms with Crippen molar-refractivity contribution in [3.8, 4) is 11.5 Å². The van der Waals surface area contributed by atoms with Crippen LogP contribution < -0.4 is 0 Å². The Morgan fingerprint density at radius 3 is 2.64 bits per heavy atom. The predicted octanol–water partition coefficient (Wildman–Crippen LogP) is 3.66. The molecule has 3 rings (SSSR count). The molecule has 1 fully saturated rings. The number of hydrogen-bond donors (Lipinski definition) is 1. The van der Waals surface area contributed by atoms with Gasteiger partial charge in [0.05, 0.1) is 0 Å². The number of hydrogen-bond acceptors (Lipinski definition) is 4. The van der Waals surface area contributed by atoms with Crippen molar-refractivity contribution in [1.29, 1.82) is 0 Å². The van der Waals surface area contributed by atoms with Gasteiger partial charge in [-0.1, -0.05) is 12.8 Å². The van der Waals surface area contributed by atoms with Crippen molar-refractivity contribution < 1.29 is 9.21 Å². The standard InChI is InChI=1S/C16H19N3O2S/c1-19(10-11-4-2-3-5-11)15(20)13-8-6-12(7-9-13)14-17-18-16(22)21-14/h6-9,11H,2-5,10H2,1H3,(H,18,22).